The van der Waals surface area contributed by atoms with E-state index in [0.29, 0.717) is 47.8 Å². The summed E-state index contributed by atoms with van der Waals surface area (Å²) < 4.78 is 10.6. The Morgan fingerprint density at radius 1 is 1.07 bits per heavy atom. The maximum absolute atomic E-state index is 12.2. The van der Waals surface area contributed by atoms with E-state index in [4.69, 9.17) is 21.1 Å². The van der Waals surface area contributed by atoms with Gasteiger partial charge in [-0.25, -0.2) is 4.99 Å². The maximum atomic E-state index is 12.2. The van der Waals surface area contributed by atoms with Crippen LogP contribution in [0.15, 0.2) is 41.4 Å². The number of ether oxygens (including phenoxy) is 2. The minimum Gasteiger partial charge on any atom is -0.493 e. The highest BCUT2D eigenvalue weighted by Crippen LogP contribution is 2.27. The Labute approximate surface area is 182 Å². The van der Waals surface area contributed by atoms with E-state index in [1.165, 1.54) is 0 Å². The SMILES string of the molecule is CCNC(=NCc1ccc(OC)c(OC)c1)NCCC(=O)Nc1ccc(C)cc1Cl. The first-order valence-electron chi connectivity index (χ1n) is 9.76. The van der Waals surface area contributed by atoms with Crippen LogP contribution >= 0.6 is 11.6 Å². The van der Waals surface area contributed by atoms with Crippen LogP contribution in [0.5, 0.6) is 11.5 Å². The van der Waals surface area contributed by atoms with Crippen LogP contribution in [0.25, 0.3) is 0 Å². The van der Waals surface area contributed by atoms with Crippen molar-refractivity contribution in [2.75, 3.05) is 32.6 Å². The van der Waals surface area contributed by atoms with Gasteiger partial charge in [-0.15, -0.1) is 0 Å². The zero-order valence-corrected chi connectivity index (χ0v) is 18.6. The molecule has 0 saturated heterocycles. The third kappa shape index (κ3) is 7.15. The molecular formula is C22H29ClN4O3. The molecule has 0 aliphatic heterocycles. The van der Waals surface area contributed by atoms with Crippen LogP contribution in [0.3, 0.4) is 0 Å². The quantitative estimate of drug-likeness (QED) is 0.415. The number of halogens is 1. The molecule has 0 saturated carbocycles. The zero-order valence-electron chi connectivity index (χ0n) is 17.8. The first-order chi connectivity index (χ1) is 14.5. The van der Waals surface area contributed by atoms with E-state index in [9.17, 15) is 4.79 Å². The van der Waals surface area contributed by atoms with Crippen molar-refractivity contribution in [2.45, 2.75) is 26.8 Å². The predicted octanol–water partition coefficient (Wildman–Crippen LogP) is 3.75. The lowest BCUT2D eigenvalue weighted by atomic mass is 10.2. The molecule has 7 nitrogen and oxygen atoms in total. The summed E-state index contributed by atoms with van der Waals surface area (Å²) in [4.78, 5) is 16.8. The van der Waals surface area contributed by atoms with Gasteiger partial charge in [0.1, 0.15) is 0 Å². The van der Waals surface area contributed by atoms with Crippen molar-refractivity contribution in [3.8, 4) is 11.5 Å². The highest BCUT2D eigenvalue weighted by molar-refractivity contribution is 6.33. The number of carbonyl (C=O) groups is 1. The number of anilines is 1. The fourth-order valence-electron chi connectivity index (χ4n) is 2.72. The monoisotopic (exact) mass is 432 g/mol. The standard InChI is InChI=1S/C22H29ClN4O3/c1-5-24-22(26-14-16-7-9-19(29-3)20(13-16)30-4)25-11-10-21(28)27-18-8-6-15(2)12-17(18)23/h6-9,12-13H,5,10-11,14H2,1-4H3,(H,27,28)(H2,24,25,26). The van der Waals surface area contributed by atoms with E-state index in [1.54, 1.807) is 20.3 Å². The molecule has 8 heteroatoms. The summed E-state index contributed by atoms with van der Waals surface area (Å²) in [5.74, 6) is 1.85. The normalized spacial score (nSPS) is 11.0. The number of benzene rings is 2. The van der Waals surface area contributed by atoms with Crippen LogP contribution in [0.2, 0.25) is 5.02 Å². The van der Waals surface area contributed by atoms with E-state index in [-0.39, 0.29) is 12.3 Å². The van der Waals surface area contributed by atoms with Gasteiger partial charge in [0.2, 0.25) is 5.91 Å². The highest BCUT2D eigenvalue weighted by Gasteiger charge is 2.07. The Morgan fingerprint density at radius 2 is 1.83 bits per heavy atom. The Morgan fingerprint density at radius 3 is 2.50 bits per heavy atom. The van der Waals surface area contributed by atoms with Gasteiger partial charge in [0, 0.05) is 19.5 Å². The molecule has 2 rings (SSSR count). The molecule has 0 aliphatic carbocycles. The molecule has 0 aliphatic rings. The van der Waals surface area contributed by atoms with E-state index < -0.39 is 0 Å². The van der Waals surface area contributed by atoms with Gasteiger partial charge in [-0.3, -0.25) is 4.79 Å². The van der Waals surface area contributed by atoms with Crippen molar-refractivity contribution < 1.29 is 14.3 Å². The van der Waals surface area contributed by atoms with E-state index in [0.717, 1.165) is 11.1 Å². The van der Waals surface area contributed by atoms with Crippen molar-refractivity contribution in [1.82, 2.24) is 10.6 Å². The Balaban J connectivity index is 1.89. The van der Waals surface area contributed by atoms with Gasteiger partial charge < -0.3 is 25.4 Å². The van der Waals surface area contributed by atoms with Crippen LogP contribution < -0.4 is 25.4 Å². The predicted molar refractivity (Wildman–Crippen MR) is 122 cm³/mol. The largest absolute Gasteiger partial charge is 0.493 e. The molecule has 0 bridgehead atoms. The third-order valence-corrected chi connectivity index (χ3v) is 4.57. The van der Waals surface area contributed by atoms with Crippen molar-refractivity contribution in [2.24, 2.45) is 4.99 Å². The molecule has 2 aromatic rings. The highest BCUT2D eigenvalue weighted by atomic mass is 35.5. The van der Waals surface area contributed by atoms with Gasteiger partial charge in [-0.2, -0.15) is 0 Å². The van der Waals surface area contributed by atoms with E-state index in [1.807, 2.05) is 44.2 Å². The average molecular weight is 433 g/mol. The first-order valence-corrected chi connectivity index (χ1v) is 10.1. The maximum Gasteiger partial charge on any atom is 0.226 e. The Hall–Kier alpha value is -2.93. The zero-order chi connectivity index (χ0) is 21.9. The number of methoxy groups -OCH3 is 2. The number of guanidine groups is 1. The van der Waals surface area contributed by atoms with Crippen molar-refractivity contribution in [3.05, 3.63) is 52.5 Å². The molecule has 162 valence electrons. The van der Waals surface area contributed by atoms with Crippen LogP contribution in [-0.2, 0) is 11.3 Å². The first kappa shape index (κ1) is 23.3. The fraction of sp³-hybridized carbons (Fsp3) is 0.364. The van der Waals surface area contributed by atoms with Crippen molar-refractivity contribution in [3.63, 3.8) is 0 Å². The van der Waals surface area contributed by atoms with E-state index >= 15 is 0 Å². The number of hydrogen-bond donors (Lipinski definition) is 3. The van der Waals surface area contributed by atoms with Gasteiger partial charge in [0.05, 0.1) is 31.5 Å². The lowest BCUT2D eigenvalue weighted by Crippen LogP contribution is -2.38. The van der Waals surface area contributed by atoms with Gasteiger partial charge in [0.15, 0.2) is 17.5 Å². The number of rotatable bonds is 9. The second kappa shape index (κ2) is 11.9. The molecule has 2 aromatic carbocycles. The fourth-order valence-corrected chi connectivity index (χ4v) is 3.00. The molecular weight excluding hydrogens is 404 g/mol. The molecule has 0 atom stereocenters. The summed E-state index contributed by atoms with van der Waals surface area (Å²) in [5, 5.41) is 9.70. The Bertz CT molecular complexity index is 887. The molecule has 0 heterocycles. The lowest BCUT2D eigenvalue weighted by molar-refractivity contribution is -0.116. The summed E-state index contributed by atoms with van der Waals surface area (Å²) in [5.41, 5.74) is 2.64. The summed E-state index contributed by atoms with van der Waals surface area (Å²) in [6, 6.07) is 11.2. The number of carbonyl (C=O) groups excluding carboxylic acids is 1. The van der Waals surface area contributed by atoms with Crippen molar-refractivity contribution in [1.29, 1.82) is 0 Å². The lowest BCUT2D eigenvalue weighted by Gasteiger charge is -2.12. The molecule has 0 radical (unpaired) electrons. The summed E-state index contributed by atoms with van der Waals surface area (Å²) in [6.45, 7) is 5.54. The molecule has 1 amide bonds. The van der Waals surface area contributed by atoms with Gasteiger partial charge in [0.25, 0.3) is 0 Å². The van der Waals surface area contributed by atoms with Gasteiger partial charge in [-0.1, -0.05) is 23.7 Å². The van der Waals surface area contributed by atoms with E-state index in [2.05, 4.69) is 20.9 Å². The second-order valence-corrected chi connectivity index (χ2v) is 7.00. The number of nitrogens with one attached hydrogen (secondary N) is 3. The Kier molecular flexibility index (Phi) is 9.28. The summed E-state index contributed by atoms with van der Waals surface area (Å²) in [7, 11) is 3.21. The number of nitrogens with zero attached hydrogens (tertiary/aromatic N) is 1. The average Bonchev–Trinajstić information content (AvgIpc) is 2.73. The number of aliphatic imine (C=N–C) groups is 1. The topological polar surface area (TPSA) is 84.0 Å². The minimum atomic E-state index is -0.121. The summed E-state index contributed by atoms with van der Waals surface area (Å²) in [6.07, 6.45) is 0.283. The van der Waals surface area contributed by atoms with Crippen LogP contribution in [0, 0.1) is 6.92 Å². The molecule has 0 fully saturated rings. The third-order valence-electron chi connectivity index (χ3n) is 4.26. The smallest absolute Gasteiger partial charge is 0.226 e. The second-order valence-electron chi connectivity index (χ2n) is 6.59. The minimum absolute atomic E-state index is 0.121. The molecule has 30 heavy (non-hydrogen) atoms. The van der Waals surface area contributed by atoms with Crippen LogP contribution in [0.4, 0.5) is 5.69 Å². The molecule has 0 unspecified atom stereocenters. The molecule has 0 aromatic heterocycles. The number of amides is 1. The number of aryl methyl sites for hydroxylation is 1. The summed E-state index contributed by atoms with van der Waals surface area (Å²) >= 11 is 6.16. The molecule has 0 spiro atoms. The van der Waals surface area contributed by atoms with Crippen LogP contribution in [-0.4, -0.2) is 39.2 Å². The van der Waals surface area contributed by atoms with Crippen molar-refractivity contribution >= 4 is 29.2 Å². The van der Waals surface area contributed by atoms with Gasteiger partial charge in [-0.05, 0) is 49.2 Å². The molecule has 3 N–H and O–H groups in total. The van der Waals surface area contributed by atoms with Gasteiger partial charge >= 0.3 is 0 Å². The van der Waals surface area contributed by atoms with Crippen LogP contribution in [0.1, 0.15) is 24.5 Å². The number of hydrogen-bond acceptors (Lipinski definition) is 4.